The van der Waals surface area contributed by atoms with Crippen molar-refractivity contribution >= 4 is 11.6 Å². The Balaban J connectivity index is 2.29. The minimum Gasteiger partial charge on any atom is -0.348 e. The highest BCUT2D eigenvalue weighted by Gasteiger charge is 2.30. The molecule has 8 heteroatoms. The van der Waals surface area contributed by atoms with E-state index in [2.05, 4.69) is 5.32 Å². The number of nitrogens with zero attached hydrogens (tertiary/aromatic N) is 1. The van der Waals surface area contributed by atoms with Gasteiger partial charge in [0, 0.05) is 18.2 Å². The average molecular weight is 285 g/mol. The van der Waals surface area contributed by atoms with Gasteiger partial charge in [-0.25, -0.2) is 4.39 Å². The van der Waals surface area contributed by atoms with Gasteiger partial charge in [-0.3, -0.25) is 14.9 Å². The minimum atomic E-state index is -1.47. The zero-order valence-electron chi connectivity index (χ0n) is 10.4. The number of halogens is 2. The van der Waals surface area contributed by atoms with Gasteiger partial charge in [-0.1, -0.05) is 0 Å². The molecule has 2 rings (SSSR count). The molecule has 1 saturated carbocycles. The number of amides is 1. The number of benzene rings is 1. The number of hydrogen-bond donors (Lipinski definition) is 2. The molecule has 0 radical (unpaired) electrons. The zero-order chi connectivity index (χ0) is 14.9. The zero-order valence-corrected chi connectivity index (χ0v) is 10.4. The van der Waals surface area contributed by atoms with Gasteiger partial charge in [0.15, 0.2) is 0 Å². The SMILES string of the molecule is NC1CCCC1NC(=O)c1c(F)ccc([N+](=O)[O-])c1F. The number of nitro benzene ring substituents is 1. The third-order valence-electron chi connectivity index (χ3n) is 3.38. The van der Waals surface area contributed by atoms with Crippen molar-refractivity contribution < 1.29 is 18.5 Å². The smallest absolute Gasteiger partial charge is 0.305 e. The molecule has 2 unspecified atom stereocenters. The number of carbonyl (C=O) groups excluding carboxylic acids is 1. The van der Waals surface area contributed by atoms with Crippen LogP contribution in [0.1, 0.15) is 29.6 Å². The highest BCUT2D eigenvalue weighted by atomic mass is 19.1. The van der Waals surface area contributed by atoms with E-state index in [1.807, 2.05) is 0 Å². The molecule has 6 nitrogen and oxygen atoms in total. The fraction of sp³-hybridized carbons (Fsp3) is 0.417. The predicted molar refractivity (Wildman–Crippen MR) is 66.1 cm³/mol. The molecule has 3 N–H and O–H groups in total. The van der Waals surface area contributed by atoms with Crippen molar-refractivity contribution in [1.82, 2.24) is 5.32 Å². The number of nitrogens with two attached hydrogens (primary N) is 1. The summed E-state index contributed by atoms with van der Waals surface area (Å²) >= 11 is 0. The van der Waals surface area contributed by atoms with Gasteiger partial charge in [0.25, 0.3) is 5.91 Å². The second kappa shape index (κ2) is 5.49. The molecule has 0 aliphatic heterocycles. The summed E-state index contributed by atoms with van der Waals surface area (Å²) in [4.78, 5) is 21.5. The highest BCUT2D eigenvalue weighted by Crippen LogP contribution is 2.24. The number of hydrogen-bond acceptors (Lipinski definition) is 4. The molecule has 1 aliphatic rings. The highest BCUT2D eigenvalue weighted by molar-refractivity contribution is 5.95. The maximum Gasteiger partial charge on any atom is 0.305 e. The molecule has 1 amide bonds. The van der Waals surface area contributed by atoms with E-state index in [1.165, 1.54) is 0 Å². The molecule has 1 aromatic rings. The Hall–Kier alpha value is -2.09. The Labute approximate surface area is 113 Å². The summed E-state index contributed by atoms with van der Waals surface area (Å²) in [6, 6.07) is 0.734. The molecule has 0 saturated heterocycles. The summed E-state index contributed by atoms with van der Waals surface area (Å²) in [7, 11) is 0. The molecule has 0 spiro atoms. The molecule has 1 fully saturated rings. The van der Waals surface area contributed by atoms with Gasteiger partial charge in [0.1, 0.15) is 11.4 Å². The lowest BCUT2D eigenvalue weighted by Gasteiger charge is -2.17. The molecular weight excluding hydrogens is 272 g/mol. The lowest BCUT2D eigenvalue weighted by molar-refractivity contribution is -0.387. The van der Waals surface area contributed by atoms with E-state index in [-0.39, 0.29) is 12.1 Å². The third kappa shape index (κ3) is 2.60. The summed E-state index contributed by atoms with van der Waals surface area (Å²) in [6.45, 7) is 0. The van der Waals surface area contributed by atoms with E-state index in [0.717, 1.165) is 6.42 Å². The number of nitrogens with one attached hydrogen (secondary N) is 1. The van der Waals surface area contributed by atoms with Crippen LogP contribution in [0.15, 0.2) is 12.1 Å². The molecule has 1 aliphatic carbocycles. The Kier molecular flexibility index (Phi) is 3.93. The van der Waals surface area contributed by atoms with Crippen LogP contribution in [0.3, 0.4) is 0 Å². The van der Waals surface area contributed by atoms with Crippen molar-refractivity contribution in [1.29, 1.82) is 0 Å². The Bertz CT molecular complexity index is 565. The number of rotatable bonds is 3. The Morgan fingerprint density at radius 3 is 2.65 bits per heavy atom. The fourth-order valence-corrected chi connectivity index (χ4v) is 2.30. The van der Waals surface area contributed by atoms with E-state index in [9.17, 15) is 23.7 Å². The Morgan fingerprint density at radius 1 is 1.40 bits per heavy atom. The van der Waals surface area contributed by atoms with Crippen molar-refractivity contribution in [3.8, 4) is 0 Å². The predicted octanol–water partition coefficient (Wildman–Crippen LogP) is 1.48. The molecule has 0 bridgehead atoms. The number of carbonyl (C=O) groups is 1. The number of nitro groups is 1. The standard InChI is InChI=1S/C12H13F2N3O3/c13-6-4-5-9(17(19)20)11(14)10(6)12(18)16-8-3-1-2-7(8)15/h4-5,7-8H,1-3,15H2,(H,16,18). The molecular formula is C12H13F2N3O3. The van der Waals surface area contributed by atoms with Gasteiger partial charge in [-0.15, -0.1) is 0 Å². The van der Waals surface area contributed by atoms with E-state index >= 15 is 0 Å². The van der Waals surface area contributed by atoms with Crippen LogP contribution >= 0.6 is 0 Å². The first kappa shape index (κ1) is 14.3. The van der Waals surface area contributed by atoms with Crippen molar-refractivity contribution in [2.24, 2.45) is 5.73 Å². The quantitative estimate of drug-likeness (QED) is 0.649. The van der Waals surface area contributed by atoms with Crippen LogP contribution in [0.4, 0.5) is 14.5 Å². The Morgan fingerprint density at radius 2 is 2.10 bits per heavy atom. The summed E-state index contributed by atoms with van der Waals surface area (Å²) in [5.41, 5.74) is 3.87. The van der Waals surface area contributed by atoms with Gasteiger partial charge < -0.3 is 11.1 Å². The third-order valence-corrected chi connectivity index (χ3v) is 3.38. The summed E-state index contributed by atoms with van der Waals surface area (Å²) in [5, 5.41) is 13.0. The van der Waals surface area contributed by atoms with Crippen LogP contribution in [-0.2, 0) is 0 Å². The maximum absolute atomic E-state index is 13.8. The fourth-order valence-electron chi connectivity index (χ4n) is 2.30. The lowest BCUT2D eigenvalue weighted by atomic mass is 10.1. The van der Waals surface area contributed by atoms with E-state index < -0.39 is 33.7 Å². The van der Waals surface area contributed by atoms with Gasteiger partial charge in [-0.2, -0.15) is 4.39 Å². The summed E-state index contributed by atoms with van der Waals surface area (Å²) < 4.78 is 27.4. The molecule has 2 atom stereocenters. The first-order chi connectivity index (χ1) is 9.41. The summed E-state index contributed by atoms with van der Waals surface area (Å²) in [6.07, 6.45) is 2.14. The van der Waals surface area contributed by atoms with Crippen LogP contribution < -0.4 is 11.1 Å². The molecule has 1 aromatic carbocycles. The van der Waals surface area contributed by atoms with Crippen LogP contribution in [0.25, 0.3) is 0 Å². The largest absolute Gasteiger partial charge is 0.348 e. The lowest BCUT2D eigenvalue weighted by Crippen LogP contribution is -2.44. The van der Waals surface area contributed by atoms with Gasteiger partial charge in [-0.05, 0) is 25.3 Å². The van der Waals surface area contributed by atoms with Crippen LogP contribution in [0.2, 0.25) is 0 Å². The second-order valence-electron chi connectivity index (χ2n) is 4.69. The maximum atomic E-state index is 13.8. The minimum absolute atomic E-state index is 0.274. The molecule has 20 heavy (non-hydrogen) atoms. The first-order valence-corrected chi connectivity index (χ1v) is 6.10. The van der Waals surface area contributed by atoms with Crippen molar-refractivity contribution in [2.45, 2.75) is 31.3 Å². The topological polar surface area (TPSA) is 98.3 Å². The van der Waals surface area contributed by atoms with Gasteiger partial charge in [0.2, 0.25) is 5.82 Å². The normalized spacial score (nSPS) is 21.8. The van der Waals surface area contributed by atoms with Crippen molar-refractivity contribution in [3.05, 3.63) is 39.4 Å². The second-order valence-corrected chi connectivity index (χ2v) is 4.69. The van der Waals surface area contributed by atoms with Crippen LogP contribution in [0, 0.1) is 21.7 Å². The van der Waals surface area contributed by atoms with Crippen LogP contribution in [-0.4, -0.2) is 22.9 Å². The monoisotopic (exact) mass is 285 g/mol. The van der Waals surface area contributed by atoms with E-state index in [0.29, 0.717) is 25.0 Å². The van der Waals surface area contributed by atoms with E-state index in [1.54, 1.807) is 0 Å². The van der Waals surface area contributed by atoms with Crippen molar-refractivity contribution in [3.63, 3.8) is 0 Å². The molecule has 0 aromatic heterocycles. The first-order valence-electron chi connectivity index (χ1n) is 6.10. The molecule has 108 valence electrons. The van der Waals surface area contributed by atoms with Crippen LogP contribution in [0.5, 0.6) is 0 Å². The van der Waals surface area contributed by atoms with Gasteiger partial charge in [0.05, 0.1) is 4.92 Å². The average Bonchev–Trinajstić information content (AvgIpc) is 2.74. The van der Waals surface area contributed by atoms with E-state index in [4.69, 9.17) is 5.73 Å². The molecule has 0 heterocycles. The van der Waals surface area contributed by atoms with Crippen molar-refractivity contribution in [2.75, 3.05) is 0 Å². The van der Waals surface area contributed by atoms with Gasteiger partial charge >= 0.3 is 5.69 Å². The summed E-state index contributed by atoms with van der Waals surface area (Å²) in [5.74, 6) is -3.64.